The molecular formula is C17H25N3S. The predicted octanol–water partition coefficient (Wildman–Crippen LogP) is 2.69. The Morgan fingerprint density at radius 1 is 1.29 bits per heavy atom. The topological polar surface area (TPSA) is 32.5 Å². The van der Waals surface area contributed by atoms with E-state index < -0.39 is 0 Å². The van der Waals surface area contributed by atoms with E-state index in [0.717, 1.165) is 18.7 Å². The molecule has 0 bridgehead atoms. The number of rotatable bonds is 2. The molecule has 2 heterocycles. The molecule has 21 heavy (non-hydrogen) atoms. The van der Waals surface area contributed by atoms with Gasteiger partial charge in [0.05, 0.1) is 5.69 Å². The molecule has 2 unspecified atom stereocenters. The third kappa shape index (κ3) is 2.79. The number of thiocarbonyl (C=S) groups is 1. The molecule has 2 fully saturated rings. The van der Waals surface area contributed by atoms with Gasteiger partial charge in [0.1, 0.15) is 4.99 Å². The van der Waals surface area contributed by atoms with Gasteiger partial charge in [-0.3, -0.25) is 4.90 Å². The number of piperazine rings is 1. The van der Waals surface area contributed by atoms with Gasteiger partial charge in [-0.05, 0) is 44.9 Å². The van der Waals surface area contributed by atoms with Crippen molar-refractivity contribution in [2.24, 2.45) is 5.73 Å². The maximum Gasteiger partial charge on any atom is 0.106 e. The lowest BCUT2D eigenvalue weighted by atomic mass is 9.95. The molecule has 1 aromatic rings. The Labute approximate surface area is 133 Å². The first-order chi connectivity index (χ1) is 10.1. The number of hydrogen-bond acceptors (Lipinski definition) is 3. The molecule has 2 N–H and O–H groups in total. The Hall–Kier alpha value is -1.13. The SMILES string of the molecule is Cc1cccc(C(N)=S)c1N1CC2CCCCN2CC1C. The number of piperidine rings is 1. The van der Waals surface area contributed by atoms with Gasteiger partial charge < -0.3 is 10.6 Å². The molecule has 0 amide bonds. The summed E-state index contributed by atoms with van der Waals surface area (Å²) in [6, 6.07) is 7.47. The molecule has 2 saturated heterocycles. The van der Waals surface area contributed by atoms with Crippen molar-refractivity contribution >= 4 is 22.9 Å². The van der Waals surface area contributed by atoms with Crippen LogP contribution in [0, 0.1) is 6.92 Å². The van der Waals surface area contributed by atoms with Gasteiger partial charge in [-0.2, -0.15) is 0 Å². The lowest BCUT2D eigenvalue weighted by Crippen LogP contribution is -2.59. The fraction of sp³-hybridized carbons (Fsp3) is 0.588. The largest absolute Gasteiger partial charge is 0.389 e. The number of hydrogen-bond donors (Lipinski definition) is 1. The maximum atomic E-state index is 5.96. The van der Waals surface area contributed by atoms with Gasteiger partial charge in [0.15, 0.2) is 0 Å². The molecular weight excluding hydrogens is 278 g/mol. The Balaban J connectivity index is 1.94. The standard InChI is InChI=1S/C17H25N3S/c1-12-6-5-8-15(17(18)21)16(12)20-11-14-7-3-4-9-19(14)10-13(20)2/h5-6,8,13-14H,3-4,7,9-11H2,1-2H3,(H2,18,21). The van der Waals surface area contributed by atoms with Gasteiger partial charge in [-0.1, -0.05) is 30.8 Å². The van der Waals surface area contributed by atoms with E-state index in [0.29, 0.717) is 17.1 Å². The second-order valence-corrected chi connectivity index (χ2v) is 6.92. The highest BCUT2D eigenvalue weighted by Gasteiger charge is 2.34. The summed E-state index contributed by atoms with van der Waals surface area (Å²) in [6.07, 6.45) is 4.03. The zero-order valence-corrected chi connectivity index (χ0v) is 13.8. The van der Waals surface area contributed by atoms with E-state index in [1.54, 1.807) is 0 Å². The molecule has 3 rings (SSSR count). The fourth-order valence-electron chi connectivity index (χ4n) is 3.90. The predicted molar refractivity (Wildman–Crippen MR) is 93.1 cm³/mol. The van der Waals surface area contributed by atoms with Crippen LogP contribution in [-0.2, 0) is 0 Å². The van der Waals surface area contributed by atoms with Crippen LogP contribution in [0.3, 0.4) is 0 Å². The minimum absolute atomic E-state index is 0.506. The first-order valence-electron chi connectivity index (χ1n) is 7.98. The third-order valence-electron chi connectivity index (χ3n) is 4.98. The highest BCUT2D eigenvalue weighted by atomic mass is 32.1. The third-order valence-corrected chi connectivity index (χ3v) is 5.20. The first kappa shape index (κ1) is 14.8. The minimum Gasteiger partial charge on any atom is -0.389 e. The number of fused-ring (bicyclic) bond motifs is 1. The first-order valence-corrected chi connectivity index (χ1v) is 8.39. The van der Waals surface area contributed by atoms with Crippen molar-refractivity contribution < 1.29 is 0 Å². The van der Waals surface area contributed by atoms with Crippen LogP contribution in [0.1, 0.15) is 37.3 Å². The summed E-state index contributed by atoms with van der Waals surface area (Å²) < 4.78 is 0. The van der Waals surface area contributed by atoms with Crippen LogP contribution in [0.2, 0.25) is 0 Å². The van der Waals surface area contributed by atoms with Gasteiger partial charge in [-0.25, -0.2) is 0 Å². The molecule has 2 atom stereocenters. The lowest BCUT2D eigenvalue weighted by Gasteiger charge is -2.49. The Bertz CT molecular complexity index is 543. The normalized spacial score (nSPS) is 26.5. The van der Waals surface area contributed by atoms with Gasteiger partial charge in [-0.15, -0.1) is 0 Å². The van der Waals surface area contributed by atoms with Gasteiger partial charge >= 0.3 is 0 Å². The Kier molecular flexibility index (Phi) is 4.18. The highest BCUT2D eigenvalue weighted by molar-refractivity contribution is 7.80. The summed E-state index contributed by atoms with van der Waals surface area (Å²) in [5.41, 5.74) is 9.52. The summed E-state index contributed by atoms with van der Waals surface area (Å²) >= 11 is 5.27. The second kappa shape index (κ2) is 5.93. The van der Waals surface area contributed by atoms with Crippen LogP contribution in [0.25, 0.3) is 0 Å². The van der Waals surface area contributed by atoms with Crippen molar-refractivity contribution in [2.75, 3.05) is 24.5 Å². The second-order valence-electron chi connectivity index (χ2n) is 6.48. The molecule has 3 nitrogen and oxygen atoms in total. The van der Waals surface area contributed by atoms with Crippen LogP contribution in [0.15, 0.2) is 18.2 Å². The molecule has 2 aliphatic rings. The van der Waals surface area contributed by atoms with Crippen molar-refractivity contribution in [2.45, 2.75) is 45.2 Å². The van der Waals surface area contributed by atoms with E-state index in [4.69, 9.17) is 18.0 Å². The summed E-state index contributed by atoms with van der Waals surface area (Å²) in [5, 5.41) is 0. The van der Waals surface area contributed by atoms with E-state index in [9.17, 15) is 0 Å². The average Bonchev–Trinajstić information content (AvgIpc) is 2.46. The molecule has 1 aromatic carbocycles. The van der Waals surface area contributed by atoms with Gasteiger partial charge in [0.25, 0.3) is 0 Å². The van der Waals surface area contributed by atoms with Crippen molar-refractivity contribution in [3.8, 4) is 0 Å². The fourth-order valence-corrected chi connectivity index (χ4v) is 4.07. The molecule has 0 spiro atoms. The van der Waals surface area contributed by atoms with E-state index in [-0.39, 0.29) is 0 Å². The van der Waals surface area contributed by atoms with Crippen LogP contribution in [0.4, 0.5) is 5.69 Å². The number of para-hydroxylation sites is 1. The van der Waals surface area contributed by atoms with Gasteiger partial charge in [0, 0.05) is 30.7 Å². The molecule has 4 heteroatoms. The summed E-state index contributed by atoms with van der Waals surface area (Å²) in [6.45, 7) is 7.99. The Morgan fingerprint density at radius 2 is 2.10 bits per heavy atom. The van der Waals surface area contributed by atoms with Crippen molar-refractivity contribution in [1.29, 1.82) is 0 Å². The quantitative estimate of drug-likeness (QED) is 0.852. The highest BCUT2D eigenvalue weighted by Crippen LogP contribution is 2.32. The number of nitrogens with zero attached hydrogens (tertiary/aromatic N) is 2. The molecule has 0 saturated carbocycles. The van der Waals surface area contributed by atoms with Crippen molar-refractivity contribution in [3.63, 3.8) is 0 Å². The molecule has 0 radical (unpaired) electrons. The molecule has 0 aliphatic carbocycles. The average molecular weight is 303 g/mol. The smallest absolute Gasteiger partial charge is 0.106 e. The number of benzene rings is 1. The van der Waals surface area contributed by atoms with Crippen LogP contribution < -0.4 is 10.6 Å². The van der Waals surface area contributed by atoms with E-state index in [2.05, 4.69) is 41.8 Å². The van der Waals surface area contributed by atoms with Crippen molar-refractivity contribution in [3.05, 3.63) is 29.3 Å². The van der Waals surface area contributed by atoms with Crippen LogP contribution in [-0.4, -0.2) is 41.6 Å². The van der Waals surface area contributed by atoms with Crippen molar-refractivity contribution in [1.82, 2.24) is 4.90 Å². The minimum atomic E-state index is 0.506. The number of nitrogens with two attached hydrogens (primary N) is 1. The Morgan fingerprint density at radius 3 is 2.86 bits per heavy atom. The monoisotopic (exact) mass is 303 g/mol. The zero-order chi connectivity index (χ0) is 15.0. The molecule has 114 valence electrons. The van der Waals surface area contributed by atoms with E-state index >= 15 is 0 Å². The number of aryl methyl sites for hydroxylation is 1. The maximum absolute atomic E-state index is 5.96. The molecule has 2 aliphatic heterocycles. The van der Waals surface area contributed by atoms with Crippen LogP contribution >= 0.6 is 12.2 Å². The summed E-state index contributed by atoms with van der Waals surface area (Å²) in [7, 11) is 0. The van der Waals surface area contributed by atoms with E-state index in [1.165, 1.54) is 37.1 Å². The molecule has 0 aromatic heterocycles. The van der Waals surface area contributed by atoms with E-state index in [1.807, 2.05) is 0 Å². The number of anilines is 1. The van der Waals surface area contributed by atoms with Crippen LogP contribution in [0.5, 0.6) is 0 Å². The zero-order valence-electron chi connectivity index (χ0n) is 13.0. The van der Waals surface area contributed by atoms with Gasteiger partial charge in [0.2, 0.25) is 0 Å². The summed E-state index contributed by atoms with van der Waals surface area (Å²) in [5.74, 6) is 0. The lowest BCUT2D eigenvalue weighted by molar-refractivity contribution is 0.115. The summed E-state index contributed by atoms with van der Waals surface area (Å²) in [4.78, 5) is 5.71.